The van der Waals surface area contributed by atoms with Gasteiger partial charge >= 0.3 is 0 Å². The fourth-order valence-corrected chi connectivity index (χ4v) is 1.87. The fraction of sp³-hybridized carbons (Fsp3) is 0.294. The van der Waals surface area contributed by atoms with Crippen molar-refractivity contribution in [3.8, 4) is 5.75 Å². The first-order chi connectivity index (χ1) is 10.8. The summed E-state index contributed by atoms with van der Waals surface area (Å²) in [5, 5.41) is 6.42. The number of hydrogen-bond acceptors (Lipinski definition) is 3. The lowest BCUT2D eigenvalue weighted by Crippen LogP contribution is -2.39. The van der Waals surface area contributed by atoms with Crippen molar-refractivity contribution in [2.24, 2.45) is 4.99 Å². The number of nitrogens with one attached hydrogen (secondary N) is 2. The van der Waals surface area contributed by atoms with Gasteiger partial charge in [-0.25, -0.2) is 0 Å². The lowest BCUT2D eigenvalue weighted by molar-refractivity contribution is 0.322. The highest BCUT2D eigenvalue weighted by Crippen LogP contribution is 2.10. The number of rotatable bonds is 6. The summed E-state index contributed by atoms with van der Waals surface area (Å²) in [7, 11) is 1.74. The number of hydrogen-bond donors (Lipinski definition) is 2. The molecule has 0 atom stereocenters. The van der Waals surface area contributed by atoms with Gasteiger partial charge in [0.25, 0.3) is 0 Å². The second kappa shape index (κ2) is 8.67. The van der Waals surface area contributed by atoms with E-state index in [0.29, 0.717) is 19.7 Å². The van der Waals surface area contributed by atoms with Crippen molar-refractivity contribution >= 4 is 5.96 Å². The minimum absolute atomic E-state index is 0.577. The Bertz CT molecular complexity index is 581. The van der Waals surface area contributed by atoms with E-state index in [1.807, 2.05) is 42.5 Å². The molecular weight excluding hydrogens is 276 g/mol. The monoisotopic (exact) mass is 298 g/mol. The third kappa shape index (κ3) is 5.44. The van der Waals surface area contributed by atoms with Crippen LogP contribution in [0.25, 0.3) is 0 Å². The summed E-state index contributed by atoms with van der Waals surface area (Å²) >= 11 is 0. The number of aliphatic imine (C=N–C) groups is 1. The van der Waals surface area contributed by atoms with Crippen molar-refractivity contribution in [2.75, 3.05) is 20.2 Å². The van der Waals surface area contributed by atoms with Gasteiger partial charge in [-0.05, 0) is 31.2 Å². The van der Waals surface area contributed by atoms with Gasteiger partial charge in [0, 0.05) is 13.2 Å². The van der Waals surface area contributed by atoms with Gasteiger partial charge in [-0.3, -0.25) is 9.98 Å². The van der Waals surface area contributed by atoms with E-state index in [9.17, 15) is 0 Å². The highest BCUT2D eigenvalue weighted by molar-refractivity contribution is 5.79. The van der Waals surface area contributed by atoms with E-state index in [0.717, 1.165) is 17.4 Å². The molecule has 2 N–H and O–H groups in total. The first-order valence-electron chi connectivity index (χ1n) is 7.32. The van der Waals surface area contributed by atoms with Crippen molar-refractivity contribution in [1.29, 1.82) is 0 Å². The van der Waals surface area contributed by atoms with Crippen molar-refractivity contribution in [3.63, 3.8) is 0 Å². The van der Waals surface area contributed by atoms with Gasteiger partial charge in [0.15, 0.2) is 5.96 Å². The molecule has 0 fully saturated rings. The van der Waals surface area contributed by atoms with E-state index in [1.165, 1.54) is 5.56 Å². The zero-order chi connectivity index (χ0) is 15.6. The molecule has 1 heterocycles. The molecule has 0 bridgehead atoms. The highest BCUT2D eigenvalue weighted by atomic mass is 16.5. The average Bonchev–Trinajstić information content (AvgIpc) is 2.57. The maximum absolute atomic E-state index is 5.66. The Labute approximate surface area is 131 Å². The summed E-state index contributed by atoms with van der Waals surface area (Å²) < 4.78 is 5.66. The van der Waals surface area contributed by atoms with Crippen molar-refractivity contribution < 1.29 is 4.74 Å². The van der Waals surface area contributed by atoms with Crippen LogP contribution in [-0.4, -0.2) is 31.1 Å². The Balaban J connectivity index is 1.67. The lowest BCUT2D eigenvalue weighted by atomic mass is 10.2. The Morgan fingerprint density at radius 3 is 2.64 bits per heavy atom. The molecule has 116 valence electrons. The first-order valence-corrected chi connectivity index (χ1v) is 7.32. The molecule has 5 heteroatoms. The Morgan fingerprint density at radius 1 is 1.14 bits per heavy atom. The largest absolute Gasteiger partial charge is 0.492 e. The number of nitrogens with zero attached hydrogens (tertiary/aromatic N) is 2. The lowest BCUT2D eigenvalue weighted by Gasteiger charge is -2.12. The van der Waals surface area contributed by atoms with Crippen LogP contribution >= 0.6 is 0 Å². The smallest absolute Gasteiger partial charge is 0.191 e. The van der Waals surface area contributed by atoms with Crippen LogP contribution in [0.5, 0.6) is 5.75 Å². The number of aryl methyl sites for hydroxylation is 1. The normalized spacial score (nSPS) is 11.1. The van der Waals surface area contributed by atoms with Crippen molar-refractivity contribution in [2.45, 2.75) is 13.5 Å². The molecule has 0 saturated carbocycles. The summed E-state index contributed by atoms with van der Waals surface area (Å²) in [5.74, 6) is 1.61. The van der Waals surface area contributed by atoms with Crippen LogP contribution < -0.4 is 15.4 Å². The summed E-state index contributed by atoms with van der Waals surface area (Å²) in [6, 6.07) is 13.9. The molecule has 0 aliphatic carbocycles. The Kier molecular flexibility index (Phi) is 6.23. The van der Waals surface area contributed by atoms with Gasteiger partial charge in [-0.15, -0.1) is 0 Å². The molecule has 0 radical (unpaired) electrons. The maximum Gasteiger partial charge on any atom is 0.191 e. The van der Waals surface area contributed by atoms with Crippen LogP contribution in [0, 0.1) is 6.92 Å². The molecule has 1 aromatic carbocycles. The highest BCUT2D eigenvalue weighted by Gasteiger charge is 1.99. The van der Waals surface area contributed by atoms with Crippen LogP contribution in [0.1, 0.15) is 11.3 Å². The predicted molar refractivity (Wildman–Crippen MR) is 89.1 cm³/mol. The second-order valence-electron chi connectivity index (χ2n) is 4.84. The molecule has 22 heavy (non-hydrogen) atoms. The van der Waals surface area contributed by atoms with Crippen LogP contribution in [0.4, 0.5) is 0 Å². The molecule has 0 spiro atoms. The summed E-state index contributed by atoms with van der Waals surface area (Å²) in [5.41, 5.74) is 2.20. The van der Waals surface area contributed by atoms with Crippen LogP contribution in [0.3, 0.4) is 0 Å². The number of benzene rings is 1. The van der Waals surface area contributed by atoms with Gasteiger partial charge in [0.05, 0.1) is 18.8 Å². The second-order valence-corrected chi connectivity index (χ2v) is 4.84. The molecule has 0 unspecified atom stereocenters. The minimum Gasteiger partial charge on any atom is -0.492 e. The molecule has 2 rings (SSSR count). The molecular formula is C17H22N4O. The fourth-order valence-electron chi connectivity index (χ4n) is 1.87. The van der Waals surface area contributed by atoms with E-state index in [1.54, 1.807) is 13.2 Å². The molecule has 0 aliphatic rings. The summed E-state index contributed by atoms with van der Waals surface area (Å²) in [4.78, 5) is 8.43. The van der Waals surface area contributed by atoms with Gasteiger partial charge in [0.2, 0.25) is 0 Å². The zero-order valence-corrected chi connectivity index (χ0v) is 13.0. The average molecular weight is 298 g/mol. The Hall–Kier alpha value is -2.56. The van der Waals surface area contributed by atoms with Crippen molar-refractivity contribution in [3.05, 3.63) is 59.9 Å². The first kappa shape index (κ1) is 15.8. The van der Waals surface area contributed by atoms with Crippen LogP contribution in [-0.2, 0) is 6.54 Å². The minimum atomic E-state index is 0.577. The SMILES string of the molecule is CN=C(NCCOc1ccc(C)cc1)NCc1ccccn1. The number of pyridine rings is 1. The standard InChI is InChI=1S/C17H22N4O/c1-14-6-8-16(9-7-14)22-12-11-20-17(18-2)21-13-15-5-3-4-10-19-15/h3-10H,11-13H2,1-2H3,(H2,18,20,21). The van der Waals surface area contributed by atoms with Crippen LogP contribution in [0.15, 0.2) is 53.7 Å². The van der Waals surface area contributed by atoms with E-state index in [-0.39, 0.29) is 0 Å². The quantitative estimate of drug-likeness (QED) is 0.487. The van der Waals surface area contributed by atoms with Gasteiger partial charge < -0.3 is 15.4 Å². The number of guanidine groups is 1. The van der Waals surface area contributed by atoms with E-state index in [4.69, 9.17) is 4.74 Å². The third-order valence-electron chi connectivity index (χ3n) is 3.07. The van der Waals surface area contributed by atoms with E-state index >= 15 is 0 Å². The topological polar surface area (TPSA) is 58.5 Å². The maximum atomic E-state index is 5.66. The predicted octanol–water partition coefficient (Wildman–Crippen LogP) is 2.13. The Morgan fingerprint density at radius 2 is 1.95 bits per heavy atom. The van der Waals surface area contributed by atoms with E-state index < -0.39 is 0 Å². The van der Waals surface area contributed by atoms with Crippen molar-refractivity contribution in [1.82, 2.24) is 15.6 Å². The zero-order valence-electron chi connectivity index (χ0n) is 13.0. The molecule has 1 aromatic heterocycles. The summed E-state index contributed by atoms with van der Waals surface area (Å²) in [6.45, 7) is 3.95. The van der Waals surface area contributed by atoms with Gasteiger partial charge in [-0.1, -0.05) is 23.8 Å². The molecule has 5 nitrogen and oxygen atoms in total. The molecule has 0 amide bonds. The molecule has 2 aromatic rings. The number of aromatic nitrogens is 1. The molecule has 0 saturated heterocycles. The van der Waals surface area contributed by atoms with Crippen LogP contribution in [0.2, 0.25) is 0 Å². The van der Waals surface area contributed by atoms with Gasteiger partial charge in [-0.2, -0.15) is 0 Å². The summed E-state index contributed by atoms with van der Waals surface area (Å²) in [6.07, 6.45) is 1.78. The molecule has 0 aliphatic heterocycles. The number of ether oxygens (including phenoxy) is 1. The van der Waals surface area contributed by atoms with Gasteiger partial charge in [0.1, 0.15) is 12.4 Å². The van der Waals surface area contributed by atoms with E-state index in [2.05, 4.69) is 27.5 Å². The third-order valence-corrected chi connectivity index (χ3v) is 3.07.